The van der Waals surface area contributed by atoms with Gasteiger partial charge in [-0.05, 0) is 29.4 Å². The molecule has 0 aromatic heterocycles. The van der Waals surface area contributed by atoms with Crippen LogP contribution >= 0.6 is 11.8 Å². The van der Waals surface area contributed by atoms with E-state index in [1.165, 1.54) is 12.5 Å². The lowest BCUT2D eigenvalue weighted by Gasteiger charge is -2.08. The maximum atomic E-state index is 13.8. The quantitative estimate of drug-likeness (QED) is 0.826. The fraction of sp³-hybridized carbons (Fsp3) is 0.467. The molecule has 0 fully saturated rings. The Bertz CT molecular complexity index is 434. The van der Waals surface area contributed by atoms with Crippen molar-refractivity contribution in [1.29, 1.82) is 0 Å². The summed E-state index contributed by atoms with van der Waals surface area (Å²) in [6, 6.07) is 5.16. The first-order valence-electron chi connectivity index (χ1n) is 6.22. The van der Waals surface area contributed by atoms with Crippen LogP contribution in [0.15, 0.2) is 18.2 Å². The standard InChI is InChI=1S/C15H20FNS/c1-3-12(2)10-18-11-14-7-6-13(5-4-8-17)9-15(14)16/h6-7,9,12H,3,8,10-11,17H2,1-2H3. The van der Waals surface area contributed by atoms with Gasteiger partial charge >= 0.3 is 0 Å². The van der Waals surface area contributed by atoms with Crippen molar-refractivity contribution in [3.05, 3.63) is 35.1 Å². The van der Waals surface area contributed by atoms with Gasteiger partial charge in [-0.3, -0.25) is 0 Å². The Labute approximate surface area is 113 Å². The number of benzene rings is 1. The molecule has 0 amide bonds. The molecule has 2 N–H and O–H groups in total. The van der Waals surface area contributed by atoms with E-state index in [1.54, 1.807) is 11.8 Å². The molecule has 0 aliphatic heterocycles. The zero-order chi connectivity index (χ0) is 13.4. The van der Waals surface area contributed by atoms with Gasteiger partial charge in [-0.2, -0.15) is 11.8 Å². The van der Waals surface area contributed by atoms with Gasteiger partial charge in [0.05, 0.1) is 6.54 Å². The number of halogens is 1. The van der Waals surface area contributed by atoms with Gasteiger partial charge in [0, 0.05) is 11.3 Å². The SMILES string of the molecule is CCC(C)CSCc1ccc(C#CCN)cc1F. The van der Waals surface area contributed by atoms with E-state index in [1.807, 2.05) is 12.1 Å². The molecule has 0 bridgehead atoms. The summed E-state index contributed by atoms with van der Waals surface area (Å²) in [6.45, 7) is 4.69. The van der Waals surface area contributed by atoms with Crippen molar-refractivity contribution in [2.45, 2.75) is 26.0 Å². The molecule has 1 atom stereocenters. The van der Waals surface area contributed by atoms with Gasteiger partial charge in [-0.25, -0.2) is 4.39 Å². The highest BCUT2D eigenvalue weighted by Crippen LogP contribution is 2.19. The molecule has 0 saturated carbocycles. The number of thioether (sulfide) groups is 1. The van der Waals surface area contributed by atoms with Gasteiger partial charge in [-0.15, -0.1) is 0 Å². The third-order valence-corrected chi connectivity index (χ3v) is 4.06. The number of nitrogens with two attached hydrogens (primary N) is 1. The average Bonchev–Trinajstić information content (AvgIpc) is 2.38. The van der Waals surface area contributed by atoms with E-state index in [0.717, 1.165) is 17.1 Å². The third kappa shape index (κ3) is 5.12. The predicted octanol–water partition coefficient (Wildman–Crippen LogP) is 3.42. The second-order valence-corrected chi connectivity index (χ2v) is 5.37. The van der Waals surface area contributed by atoms with E-state index in [9.17, 15) is 4.39 Å². The second-order valence-electron chi connectivity index (χ2n) is 4.34. The van der Waals surface area contributed by atoms with Crippen molar-refractivity contribution in [1.82, 2.24) is 0 Å². The molecule has 1 rings (SSSR count). The highest BCUT2D eigenvalue weighted by molar-refractivity contribution is 7.98. The first-order chi connectivity index (χ1) is 8.67. The summed E-state index contributed by atoms with van der Waals surface area (Å²) in [4.78, 5) is 0. The first kappa shape index (κ1) is 15.1. The van der Waals surface area contributed by atoms with Gasteiger partial charge in [0.25, 0.3) is 0 Å². The Kier molecular flexibility index (Phi) is 6.85. The molecule has 1 aromatic carbocycles. The van der Waals surface area contributed by atoms with Crippen LogP contribution in [0, 0.1) is 23.6 Å². The Balaban J connectivity index is 2.57. The highest BCUT2D eigenvalue weighted by atomic mass is 32.2. The molecular formula is C15H20FNS. The summed E-state index contributed by atoms with van der Waals surface area (Å²) in [5.74, 6) is 7.87. The summed E-state index contributed by atoms with van der Waals surface area (Å²) < 4.78 is 13.8. The van der Waals surface area contributed by atoms with E-state index < -0.39 is 0 Å². The van der Waals surface area contributed by atoms with Crippen LogP contribution in [0.1, 0.15) is 31.4 Å². The normalized spacial score (nSPS) is 11.8. The lowest BCUT2D eigenvalue weighted by atomic mass is 10.1. The average molecular weight is 265 g/mol. The zero-order valence-corrected chi connectivity index (χ0v) is 11.8. The Morgan fingerprint density at radius 2 is 2.22 bits per heavy atom. The largest absolute Gasteiger partial charge is 0.320 e. The highest BCUT2D eigenvalue weighted by Gasteiger charge is 2.04. The van der Waals surface area contributed by atoms with Crippen LogP contribution < -0.4 is 5.73 Å². The van der Waals surface area contributed by atoms with Crippen LogP contribution in [0.25, 0.3) is 0 Å². The van der Waals surface area contributed by atoms with Crippen LogP contribution in [0.3, 0.4) is 0 Å². The topological polar surface area (TPSA) is 26.0 Å². The Morgan fingerprint density at radius 1 is 1.44 bits per heavy atom. The van der Waals surface area contributed by atoms with Crippen LogP contribution in [0.5, 0.6) is 0 Å². The molecule has 1 unspecified atom stereocenters. The van der Waals surface area contributed by atoms with E-state index in [4.69, 9.17) is 5.73 Å². The fourth-order valence-corrected chi connectivity index (χ4v) is 2.59. The number of rotatable bonds is 5. The Hall–Kier alpha value is -0.980. The lowest BCUT2D eigenvalue weighted by Crippen LogP contribution is -1.97. The molecule has 1 nitrogen and oxygen atoms in total. The smallest absolute Gasteiger partial charge is 0.128 e. The van der Waals surface area contributed by atoms with Crippen LogP contribution in [0.4, 0.5) is 4.39 Å². The minimum absolute atomic E-state index is 0.171. The number of hydrogen-bond acceptors (Lipinski definition) is 2. The lowest BCUT2D eigenvalue weighted by molar-refractivity contribution is 0.616. The van der Waals surface area contributed by atoms with Crippen molar-refractivity contribution in [2.24, 2.45) is 11.7 Å². The monoisotopic (exact) mass is 265 g/mol. The van der Waals surface area contributed by atoms with E-state index >= 15 is 0 Å². The first-order valence-corrected chi connectivity index (χ1v) is 7.38. The minimum atomic E-state index is -0.171. The molecular weight excluding hydrogens is 245 g/mol. The van der Waals surface area contributed by atoms with Gasteiger partial charge in [0.15, 0.2) is 0 Å². The molecule has 0 heterocycles. The second kappa shape index (κ2) is 8.18. The minimum Gasteiger partial charge on any atom is -0.320 e. The molecule has 0 aliphatic rings. The molecule has 0 aliphatic carbocycles. The van der Waals surface area contributed by atoms with Crippen molar-refractivity contribution in [3.63, 3.8) is 0 Å². The van der Waals surface area contributed by atoms with E-state index in [-0.39, 0.29) is 5.82 Å². The van der Waals surface area contributed by atoms with Gasteiger partial charge < -0.3 is 5.73 Å². The predicted molar refractivity (Wildman–Crippen MR) is 77.9 cm³/mol. The molecule has 0 saturated heterocycles. The van der Waals surface area contributed by atoms with E-state index in [0.29, 0.717) is 18.0 Å². The van der Waals surface area contributed by atoms with Crippen molar-refractivity contribution in [2.75, 3.05) is 12.3 Å². The summed E-state index contributed by atoms with van der Waals surface area (Å²) in [6.07, 6.45) is 1.17. The summed E-state index contributed by atoms with van der Waals surface area (Å²) in [5.41, 5.74) is 6.72. The van der Waals surface area contributed by atoms with Crippen LogP contribution in [-0.4, -0.2) is 12.3 Å². The maximum Gasteiger partial charge on any atom is 0.128 e. The molecule has 1 aromatic rings. The van der Waals surface area contributed by atoms with Crippen molar-refractivity contribution in [3.8, 4) is 11.8 Å². The maximum absolute atomic E-state index is 13.8. The van der Waals surface area contributed by atoms with Crippen LogP contribution in [0.2, 0.25) is 0 Å². The molecule has 0 spiro atoms. The molecule has 3 heteroatoms. The van der Waals surface area contributed by atoms with Gasteiger partial charge in [0.2, 0.25) is 0 Å². The van der Waals surface area contributed by atoms with Crippen molar-refractivity contribution < 1.29 is 4.39 Å². The summed E-state index contributed by atoms with van der Waals surface area (Å²) in [7, 11) is 0. The Morgan fingerprint density at radius 3 is 2.83 bits per heavy atom. The molecule has 0 radical (unpaired) electrons. The number of hydrogen-bond donors (Lipinski definition) is 1. The summed E-state index contributed by atoms with van der Waals surface area (Å²) in [5, 5.41) is 0. The molecule has 18 heavy (non-hydrogen) atoms. The van der Waals surface area contributed by atoms with Crippen LogP contribution in [-0.2, 0) is 5.75 Å². The third-order valence-electron chi connectivity index (χ3n) is 2.74. The van der Waals surface area contributed by atoms with E-state index in [2.05, 4.69) is 25.7 Å². The molecule has 98 valence electrons. The fourth-order valence-electron chi connectivity index (χ4n) is 1.38. The van der Waals surface area contributed by atoms with Gasteiger partial charge in [-0.1, -0.05) is 38.2 Å². The summed E-state index contributed by atoms with van der Waals surface area (Å²) >= 11 is 1.78. The van der Waals surface area contributed by atoms with Crippen molar-refractivity contribution >= 4 is 11.8 Å². The zero-order valence-electron chi connectivity index (χ0n) is 11.0. The van der Waals surface area contributed by atoms with Gasteiger partial charge in [0.1, 0.15) is 5.82 Å².